The molecule has 3 unspecified atom stereocenters. The van der Waals surface area contributed by atoms with Crippen LogP contribution in [0.1, 0.15) is 34.1 Å². The van der Waals surface area contributed by atoms with Crippen molar-refractivity contribution in [2.24, 2.45) is 11.3 Å². The first-order valence-corrected chi connectivity index (χ1v) is 7.15. The summed E-state index contributed by atoms with van der Waals surface area (Å²) >= 11 is 0. The average molecular weight is 258 g/mol. The van der Waals surface area contributed by atoms with Gasteiger partial charge in [0.1, 0.15) is 0 Å². The quantitative estimate of drug-likeness (QED) is 0.629. The molecule has 0 aliphatic carbocycles. The average Bonchev–Trinajstić information content (AvgIpc) is 2.57. The number of hydrogen-bond donors (Lipinski definition) is 3. The van der Waals surface area contributed by atoms with Gasteiger partial charge in [-0.15, -0.1) is 0 Å². The van der Waals surface area contributed by atoms with Crippen LogP contribution in [0, 0.1) is 11.3 Å². The Morgan fingerprint density at radius 1 is 1.28 bits per heavy atom. The SMILES string of the molecule is CCC(C)(CNCC(C)C)CN1CC(O)C(O)C1. The Balaban J connectivity index is 2.39. The minimum Gasteiger partial charge on any atom is -0.389 e. The Morgan fingerprint density at radius 2 is 1.83 bits per heavy atom. The van der Waals surface area contributed by atoms with Crippen LogP contribution in [0.2, 0.25) is 0 Å². The van der Waals surface area contributed by atoms with E-state index in [1.54, 1.807) is 0 Å². The van der Waals surface area contributed by atoms with Crippen LogP contribution in [0.4, 0.5) is 0 Å². The summed E-state index contributed by atoms with van der Waals surface area (Å²) in [6.07, 6.45) is -0.0506. The van der Waals surface area contributed by atoms with Crippen molar-refractivity contribution in [3.8, 4) is 0 Å². The normalized spacial score (nSPS) is 28.8. The lowest BCUT2D eigenvalue weighted by atomic mass is 9.86. The predicted octanol–water partition coefficient (Wildman–Crippen LogP) is 0.686. The Bertz CT molecular complexity index is 238. The van der Waals surface area contributed by atoms with Crippen molar-refractivity contribution in [3.05, 3.63) is 0 Å². The molecule has 1 aliphatic rings. The van der Waals surface area contributed by atoms with Crippen molar-refractivity contribution < 1.29 is 10.2 Å². The highest BCUT2D eigenvalue weighted by atomic mass is 16.3. The lowest BCUT2D eigenvalue weighted by Gasteiger charge is -2.33. The number of nitrogens with one attached hydrogen (secondary N) is 1. The maximum absolute atomic E-state index is 9.58. The van der Waals surface area contributed by atoms with E-state index in [1.165, 1.54) is 0 Å². The van der Waals surface area contributed by atoms with Gasteiger partial charge in [-0.05, 0) is 24.3 Å². The van der Waals surface area contributed by atoms with E-state index in [4.69, 9.17) is 0 Å². The van der Waals surface area contributed by atoms with Gasteiger partial charge < -0.3 is 15.5 Å². The second kappa shape index (κ2) is 6.85. The third-order valence-electron chi connectivity index (χ3n) is 3.90. The van der Waals surface area contributed by atoms with Crippen molar-refractivity contribution in [2.45, 2.75) is 46.3 Å². The third kappa shape index (κ3) is 4.84. The van der Waals surface area contributed by atoms with E-state index in [0.29, 0.717) is 19.0 Å². The summed E-state index contributed by atoms with van der Waals surface area (Å²) in [6.45, 7) is 13.1. The largest absolute Gasteiger partial charge is 0.389 e. The molecule has 0 aromatic rings. The summed E-state index contributed by atoms with van der Waals surface area (Å²) in [4.78, 5) is 2.18. The summed E-state index contributed by atoms with van der Waals surface area (Å²) < 4.78 is 0. The van der Waals surface area contributed by atoms with Gasteiger partial charge in [0.2, 0.25) is 0 Å². The second-order valence-corrected chi connectivity index (χ2v) is 6.52. The Morgan fingerprint density at radius 3 is 2.28 bits per heavy atom. The molecule has 0 spiro atoms. The molecular weight excluding hydrogens is 228 g/mol. The molecular formula is C14H30N2O2. The highest BCUT2D eigenvalue weighted by Crippen LogP contribution is 2.24. The first-order valence-electron chi connectivity index (χ1n) is 7.15. The molecule has 0 radical (unpaired) electrons. The maximum Gasteiger partial charge on any atom is 0.0938 e. The molecule has 108 valence electrons. The minimum absolute atomic E-state index is 0.207. The van der Waals surface area contributed by atoms with Crippen molar-refractivity contribution in [1.82, 2.24) is 10.2 Å². The van der Waals surface area contributed by atoms with Gasteiger partial charge >= 0.3 is 0 Å². The minimum atomic E-state index is -0.574. The molecule has 3 N–H and O–H groups in total. The number of likely N-dealkylation sites (tertiary alicyclic amines) is 1. The van der Waals surface area contributed by atoms with E-state index in [2.05, 4.69) is 37.9 Å². The van der Waals surface area contributed by atoms with E-state index in [-0.39, 0.29) is 5.41 Å². The molecule has 18 heavy (non-hydrogen) atoms. The molecule has 0 aromatic carbocycles. The zero-order chi connectivity index (χ0) is 13.8. The Kier molecular flexibility index (Phi) is 6.05. The number of rotatable bonds is 7. The van der Waals surface area contributed by atoms with Crippen LogP contribution in [-0.2, 0) is 0 Å². The van der Waals surface area contributed by atoms with Crippen LogP contribution in [-0.4, -0.2) is 60.0 Å². The zero-order valence-corrected chi connectivity index (χ0v) is 12.3. The lowest BCUT2D eigenvalue weighted by Crippen LogP contribution is -2.42. The summed E-state index contributed by atoms with van der Waals surface area (Å²) in [7, 11) is 0. The Hall–Kier alpha value is -0.160. The predicted molar refractivity (Wildman–Crippen MR) is 74.6 cm³/mol. The van der Waals surface area contributed by atoms with Crippen molar-refractivity contribution in [1.29, 1.82) is 0 Å². The molecule has 0 aromatic heterocycles. The van der Waals surface area contributed by atoms with Crippen LogP contribution < -0.4 is 5.32 Å². The van der Waals surface area contributed by atoms with Crippen LogP contribution in [0.3, 0.4) is 0 Å². The topological polar surface area (TPSA) is 55.7 Å². The number of hydrogen-bond acceptors (Lipinski definition) is 4. The van der Waals surface area contributed by atoms with Crippen molar-refractivity contribution >= 4 is 0 Å². The molecule has 3 atom stereocenters. The second-order valence-electron chi connectivity index (χ2n) is 6.52. The monoisotopic (exact) mass is 258 g/mol. The summed E-state index contributed by atoms with van der Waals surface area (Å²) in [5.41, 5.74) is 0.207. The van der Waals surface area contributed by atoms with Crippen LogP contribution in [0.5, 0.6) is 0 Å². The smallest absolute Gasteiger partial charge is 0.0938 e. The lowest BCUT2D eigenvalue weighted by molar-refractivity contribution is 0.0572. The zero-order valence-electron chi connectivity index (χ0n) is 12.3. The standard InChI is InChI=1S/C14H30N2O2/c1-5-14(4,9-15-6-11(2)3)10-16-7-12(17)13(18)8-16/h11-13,15,17-18H,5-10H2,1-4H3. The molecule has 0 amide bonds. The molecule has 1 aliphatic heterocycles. The fourth-order valence-electron chi connectivity index (χ4n) is 2.47. The van der Waals surface area contributed by atoms with E-state index in [9.17, 15) is 10.2 Å². The number of aliphatic hydroxyl groups excluding tert-OH is 2. The van der Waals surface area contributed by atoms with Crippen LogP contribution >= 0.6 is 0 Å². The van der Waals surface area contributed by atoms with Crippen LogP contribution in [0.15, 0.2) is 0 Å². The van der Waals surface area contributed by atoms with Gasteiger partial charge in [-0.2, -0.15) is 0 Å². The molecule has 4 nitrogen and oxygen atoms in total. The maximum atomic E-state index is 9.58. The van der Waals surface area contributed by atoms with E-state index in [0.717, 1.165) is 26.1 Å². The van der Waals surface area contributed by atoms with E-state index < -0.39 is 12.2 Å². The molecule has 1 fully saturated rings. The molecule has 0 saturated carbocycles. The van der Waals surface area contributed by atoms with Gasteiger partial charge in [0.05, 0.1) is 12.2 Å². The highest BCUT2D eigenvalue weighted by molar-refractivity contribution is 4.88. The van der Waals surface area contributed by atoms with Gasteiger partial charge in [-0.25, -0.2) is 0 Å². The number of aliphatic hydroxyl groups is 2. The van der Waals surface area contributed by atoms with Crippen molar-refractivity contribution in [2.75, 3.05) is 32.7 Å². The molecule has 1 rings (SSSR count). The van der Waals surface area contributed by atoms with E-state index in [1.807, 2.05) is 0 Å². The first-order chi connectivity index (χ1) is 8.36. The molecule has 4 heteroatoms. The van der Waals surface area contributed by atoms with Gasteiger partial charge in [0.15, 0.2) is 0 Å². The summed E-state index contributed by atoms with van der Waals surface area (Å²) in [5, 5.41) is 22.7. The molecule has 0 bridgehead atoms. The summed E-state index contributed by atoms with van der Waals surface area (Å²) in [6, 6.07) is 0. The molecule has 1 saturated heterocycles. The fourth-order valence-corrected chi connectivity index (χ4v) is 2.47. The highest BCUT2D eigenvalue weighted by Gasteiger charge is 2.33. The number of β-amino-alcohol motifs (C(OH)–C–C–N with tert-alkyl or cyclic N) is 2. The van der Waals surface area contributed by atoms with Crippen molar-refractivity contribution in [3.63, 3.8) is 0 Å². The van der Waals surface area contributed by atoms with Gasteiger partial charge in [0, 0.05) is 26.2 Å². The molecule has 1 heterocycles. The number of nitrogens with zero attached hydrogens (tertiary/aromatic N) is 1. The van der Waals surface area contributed by atoms with Gasteiger partial charge in [-0.1, -0.05) is 27.7 Å². The van der Waals surface area contributed by atoms with Crippen LogP contribution in [0.25, 0.3) is 0 Å². The van der Waals surface area contributed by atoms with E-state index >= 15 is 0 Å². The summed E-state index contributed by atoms with van der Waals surface area (Å²) in [5.74, 6) is 0.668. The Labute approximate surface area is 111 Å². The van der Waals surface area contributed by atoms with Gasteiger partial charge in [0.25, 0.3) is 0 Å². The first kappa shape index (κ1) is 15.9. The fraction of sp³-hybridized carbons (Fsp3) is 1.00. The third-order valence-corrected chi connectivity index (χ3v) is 3.90. The van der Waals surface area contributed by atoms with Gasteiger partial charge in [-0.3, -0.25) is 4.90 Å².